The van der Waals surface area contributed by atoms with E-state index in [9.17, 15) is 9.59 Å². The Balaban J connectivity index is 1.84. The molecule has 0 unspecified atom stereocenters. The molecule has 1 aliphatic rings. The Labute approximate surface area is 179 Å². The summed E-state index contributed by atoms with van der Waals surface area (Å²) < 4.78 is 6.91. The lowest BCUT2D eigenvalue weighted by atomic mass is 10.0. The van der Waals surface area contributed by atoms with E-state index in [4.69, 9.17) is 4.74 Å². The number of aromatic nitrogens is 2. The van der Waals surface area contributed by atoms with Gasteiger partial charge in [0.15, 0.2) is 5.69 Å². The summed E-state index contributed by atoms with van der Waals surface area (Å²) in [4.78, 5) is 27.1. The summed E-state index contributed by atoms with van der Waals surface area (Å²) >= 11 is 0. The Morgan fingerprint density at radius 2 is 1.67 bits per heavy atom. The molecule has 1 aliphatic heterocycles. The van der Waals surface area contributed by atoms with Gasteiger partial charge in [0.1, 0.15) is 0 Å². The Morgan fingerprint density at radius 1 is 1.03 bits per heavy atom. The van der Waals surface area contributed by atoms with E-state index in [1.54, 1.807) is 11.6 Å². The van der Waals surface area contributed by atoms with Gasteiger partial charge in [-0.3, -0.25) is 4.79 Å². The summed E-state index contributed by atoms with van der Waals surface area (Å²) in [6, 6.07) is 9.35. The Bertz CT molecular complexity index is 849. The highest BCUT2D eigenvalue weighted by Crippen LogP contribution is 2.24. The Morgan fingerprint density at radius 3 is 2.27 bits per heavy atom. The van der Waals surface area contributed by atoms with Crippen LogP contribution in [0.4, 0.5) is 0 Å². The molecule has 3 rings (SSSR count). The summed E-state index contributed by atoms with van der Waals surface area (Å²) in [7, 11) is 0. The SMILES string of the molecule is CCOC(=O)c1cc([C@H](C)CC)n(-c2ccc(C(=O)N3CCCCCCC3)cc2)n1. The van der Waals surface area contributed by atoms with Gasteiger partial charge in [0.2, 0.25) is 0 Å². The molecule has 1 saturated heterocycles. The molecular weight excluding hydrogens is 378 g/mol. The van der Waals surface area contributed by atoms with E-state index in [2.05, 4.69) is 18.9 Å². The lowest BCUT2D eigenvalue weighted by Gasteiger charge is -2.25. The number of rotatable bonds is 6. The number of esters is 1. The van der Waals surface area contributed by atoms with E-state index in [1.165, 1.54) is 19.3 Å². The molecule has 1 atom stereocenters. The van der Waals surface area contributed by atoms with Crippen molar-refractivity contribution in [2.75, 3.05) is 19.7 Å². The number of ether oxygens (including phenoxy) is 1. The number of likely N-dealkylation sites (tertiary alicyclic amines) is 1. The van der Waals surface area contributed by atoms with Crippen molar-refractivity contribution in [3.05, 3.63) is 47.3 Å². The smallest absolute Gasteiger partial charge is 0.358 e. The van der Waals surface area contributed by atoms with Crippen molar-refractivity contribution in [2.24, 2.45) is 0 Å². The van der Waals surface area contributed by atoms with Crippen LogP contribution in [0.3, 0.4) is 0 Å². The maximum atomic E-state index is 12.9. The van der Waals surface area contributed by atoms with Gasteiger partial charge in [-0.1, -0.05) is 33.1 Å². The second-order valence-electron chi connectivity index (χ2n) is 8.00. The predicted molar refractivity (Wildman–Crippen MR) is 117 cm³/mol. The van der Waals surface area contributed by atoms with E-state index in [0.29, 0.717) is 17.9 Å². The normalized spacial score (nSPS) is 15.9. The van der Waals surface area contributed by atoms with Crippen LogP contribution >= 0.6 is 0 Å². The van der Waals surface area contributed by atoms with E-state index in [0.717, 1.165) is 43.7 Å². The third kappa shape index (κ3) is 5.10. The van der Waals surface area contributed by atoms with Crippen LogP contribution in [-0.2, 0) is 4.74 Å². The first-order valence-electron chi connectivity index (χ1n) is 11.2. The first kappa shape index (κ1) is 22.1. The van der Waals surface area contributed by atoms with Crippen LogP contribution in [0.2, 0.25) is 0 Å². The minimum absolute atomic E-state index is 0.0956. The molecule has 0 bridgehead atoms. The molecule has 6 heteroatoms. The zero-order valence-corrected chi connectivity index (χ0v) is 18.4. The first-order valence-corrected chi connectivity index (χ1v) is 11.2. The lowest BCUT2D eigenvalue weighted by molar-refractivity contribution is 0.0518. The van der Waals surface area contributed by atoms with Crippen LogP contribution in [-0.4, -0.2) is 46.3 Å². The number of carbonyl (C=O) groups excluding carboxylic acids is 2. The second kappa shape index (κ2) is 10.4. The molecular formula is C24H33N3O3. The van der Waals surface area contributed by atoms with Crippen molar-refractivity contribution >= 4 is 11.9 Å². The van der Waals surface area contributed by atoms with Gasteiger partial charge >= 0.3 is 5.97 Å². The van der Waals surface area contributed by atoms with Crippen LogP contribution in [0.25, 0.3) is 5.69 Å². The van der Waals surface area contributed by atoms with E-state index < -0.39 is 5.97 Å². The van der Waals surface area contributed by atoms with Gasteiger partial charge in [-0.05, 0) is 62.4 Å². The number of amides is 1. The van der Waals surface area contributed by atoms with Crippen molar-refractivity contribution in [1.29, 1.82) is 0 Å². The zero-order valence-electron chi connectivity index (χ0n) is 18.4. The lowest BCUT2D eigenvalue weighted by Crippen LogP contribution is -2.33. The largest absolute Gasteiger partial charge is 0.461 e. The van der Waals surface area contributed by atoms with Crippen molar-refractivity contribution in [2.45, 2.75) is 65.2 Å². The molecule has 1 fully saturated rings. The Kier molecular flexibility index (Phi) is 7.66. The summed E-state index contributed by atoms with van der Waals surface area (Å²) in [6.07, 6.45) is 6.75. The third-order valence-electron chi connectivity index (χ3n) is 5.84. The fraction of sp³-hybridized carbons (Fsp3) is 0.542. The molecule has 0 saturated carbocycles. The van der Waals surface area contributed by atoms with Gasteiger partial charge < -0.3 is 9.64 Å². The molecule has 0 radical (unpaired) electrons. The van der Waals surface area contributed by atoms with Gasteiger partial charge in [-0.2, -0.15) is 5.10 Å². The monoisotopic (exact) mass is 411 g/mol. The molecule has 6 nitrogen and oxygen atoms in total. The fourth-order valence-electron chi connectivity index (χ4n) is 3.85. The van der Waals surface area contributed by atoms with E-state index in [1.807, 2.05) is 35.2 Å². The van der Waals surface area contributed by atoms with Crippen LogP contribution in [0.1, 0.15) is 91.8 Å². The highest BCUT2D eigenvalue weighted by Gasteiger charge is 2.21. The van der Waals surface area contributed by atoms with Crippen molar-refractivity contribution in [3.63, 3.8) is 0 Å². The maximum Gasteiger partial charge on any atom is 0.358 e. The van der Waals surface area contributed by atoms with E-state index in [-0.39, 0.29) is 11.8 Å². The average molecular weight is 412 g/mol. The Hall–Kier alpha value is -2.63. The predicted octanol–water partition coefficient (Wildman–Crippen LogP) is 4.97. The quantitative estimate of drug-likeness (QED) is 0.630. The van der Waals surface area contributed by atoms with Gasteiger partial charge in [0.25, 0.3) is 5.91 Å². The van der Waals surface area contributed by atoms with Crippen LogP contribution in [0.5, 0.6) is 0 Å². The second-order valence-corrected chi connectivity index (χ2v) is 8.00. The van der Waals surface area contributed by atoms with Gasteiger partial charge in [-0.25, -0.2) is 9.48 Å². The van der Waals surface area contributed by atoms with E-state index >= 15 is 0 Å². The number of hydrogen-bond donors (Lipinski definition) is 0. The molecule has 0 aliphatic carbocycles. The zero-order chi connectivity index (χ0) is 21.5. The maximum absolute atomic E-state index is 12.9. The molecule has 2 aromatic rings. The summed E-state index contributed by atoms with van der Waals surface area (Å²) in [6.45, 7) is 7.99. The summed E-state index contributed by atoms with van der Waals surface area (Å²) in [5.41, 5.74) is 2.81. The van der Waals surface area contributed by atoms with Crippen LogP contribution in [0.15, 0.2) is 30.3 Å². The van der Waals surface area contributed by atoms with Gasteiger partial charge in [0.05, 0.1) is 12.3 Å². The average Bonchev–Trinajstić information content (AvgIpc) is 3.18. The minimum Gasteiger partial charge on any atom is -0.461 e. The minimum atomic E-state index is -0.412. The topological polar surface area (TPSA) is 64.4 Å². The number of benzene rings is 1. The van der Waals surface area contributed by atoms with Crippen LogP contribution < -0.4 is 0 Å². The molecule has 0 N–H and O–H groups in total. The standard InChI is InChI=1S/C24H33N3O3/c1-4-18(3)22-17-21(24(29)30-5-2)25-27(22)20-13-11-19(12-14-20)23(28)26-15-9-7-6-8-10-16-26/h11-14,17-18H,4-10,15-16H2,1-3H3/t18-/m1/s1. The molecule has 1 aromatic heterocycles. The van der Waals surface area contributed by atoms with Crippen LogP contribution in [0, 0.1) is 0 Å². The number of nitrogens with zero attached hydrogens (tertiary/aromatic N) is 3. The molecule has 162 valence electrons. The summed E-state index contributed by atoms with van der Waals surface area (Å²) in [5, 5.41) is 4.50. The van der Waals surface area contributed by atoms with Crippen molar-refractivity contribution in [1.82, 2.24) is 14.7 Å². The third-order valence-corrected chi connectivity index (χ3v) is 5.84. The molecule has 1 amide bonds. The van der Waals surface area contributed by atoms with Crippen molar-refractivity contribution in [3.8, 4) is 5.69 Å². The van der Waals surface area contributed by atoms with Crippen molar-refractivity contribution < 1.29 is 14.3 Å². The molecule has 0 spiro atoms. The number of carbonyl (C=O) groups is 2. The first-order chi connectivity index (χ1) is 14.5. The molecule has 2 heterocycles. The van der Waals surface area contributed by atoms with Gasteiger partial charge in [-0.15, -0.1) is 0 Å². The molecule has 30 heavy (non-hydrogen) atoms. The van der Waals surface area contributed by atoms with Gasteiger partial charge in [0, 0.05) is 24.3 Å². The highest BCUT2D eigenvalue weighted by atomic mass is 16.5. The number of hydrogen-bond acceptors (Lipinski definition) is 4. The summed E-state index contributed by atoms with van der Waals surface area (Å²) in [5.74, 6) is -0.0778. The molecule has 1 aromatic carbocycles. The highest BCUT2D eigenvalue weighted by molar-refractivity contribution is 5.94. The fourth-order valence-corrected chi connectivity index (χ4v) is 3.85.